The van der Waals surface area contributed by atoms with Crippen LogP contribution in [0.2, 0.25) is 0 Å². The second-order valence-electron chi connectivity index (χ2n) is 7.24. The van der Waals surface area contributed by atoms with Gasteiger partial charge in [0.15, 0.2) is 0 Å². The highest BCUT2D eigenvalue weighted by Crippen LogP contribution is 2.30. The third-order valence-corrected chi connectivity index (χ3v) is 4.88. The van der Waals surface area contributed by atoms with Gasteiger partial charge in [-0.2, -0.15) is 18.3 Å². The predicted octanol–water partition coefficient (Wildman–Crippen LogP) is 4.31. The van der Waals surface area contributed by atoms with Crippen molar-refractivity contribution in [3.63, 3.8) is 0 Å². The number of benzene rings is 2. The van der Waals surface area contributed by atoms with Crippen molar-refractivity contribution in [2.45, 2.75) is 26.4 Å². The van der Waals surface area contributed by atoms with E-state index in [4.69, 9.17) is 0 Å². The van der Waals surface area contributed by atoms with Crippen molar-refractivity contribution in [2.75, 3.05) is 18.4 Å². The Labute approximate surface area is 183 Å². The number of hydrogen-bond acceptors (Lipinski definition) is 4. The molecule has 0 aliphatic carbocycles. The number of anilines is 1. The van der Waals surface area contributed by atoms with Crippen molar-refractivity contribution < 1.29 is 22.8 Å². The molecule has 1 heterocycles. The molecule has 0 saturated carbocycles. The number of para-hydroxylation sites is 1. The Morgan fingerprint density at radius 2 is 1.72 bits per heavy atom. The smallest absolute Gasteiger partial charge is 0.385 e. The third-order valence-electron chi connectivity index (χ3n) is 4.88. The first-order valence-corrected chi connectivity index (χ1v) is 10.0. The van der Waals surface area contributed by atoms with E-state index in [9.17, 15) is 22.8 Å². The molecule has 0 spiro atoms. The fraction of sp³-hybridized carbons (Fsp3) is 0.261. The van der Waals surface area contributed by atoms with Gasteiger partial charge in [-0.05, 0) is 50.6 Å². The number of alkyl halides is 3. The quantitative estimate of drug-likeness (QED) is 0.308. The van der Waals surface area contributed by atoms with E-state index in [1.54, 1.807) is 13.8 Å². The molecule has 3 rings (SSSR count). The van der Waals surface area contributed by atoms with E-state index in [1.807, 2.05) is 30.3 Å². The average Bonchev–Trinajstić information content (AvgIpc) is 3.07. The summed E-state index contributed by atoms with van der Waals surface area (Å²) in [5, 5.41) is 9.98. The summed E-state index contributed by atoms with van der Waals surface area (Å²) in [5.41, 5.74) is 0.952. The zero-order valence-corrected chi connectivity index (χ0v) is 17.7. The predicted molar refractivity (Wildman–Crippen MR) is 115 cm³/mol. The van der Waals surface area contributed by atoms with E-state index in [2.05, 4.69) is 15.7 Å². The van der Waals surface area contributed by atoms with Crippen molar-refractivity contribution in [3.05, 3.63) is 77.1 Å². The maximum atomic E-state index is 13.0. The summed E-state index contributed by atoms with van der Waals surface area (Å²) in [6.45, 7) is 4.00. The molecular weight excluding hydrogens is 421 g/mol. The molecule has 0 radical (unpaired) electrons. The third kappa shape index (κ3) is 5.35. The van der Waals surface area contributed by atoms with Crippen LogP contribution >= 0.6 is 0 Å². The maximum absolute atomic E-state index is 13.0. The fourth-order valence-corrected chi connectivity index (χ4v) is 3.31. The summed E-state index contributed by atoms with van der Waals surface area (Å²) in [6.07, 6.45) is -3.89. The van der Waals surface area contributed by atoms with Gasteiger partial charge in [0.1, 0.15) is 0 Å². The number of halogens is 3. The minimum atomic E-state index is -4.50. The fourth-order valence-electron chi connectivity index (χ4n) is 3.31. The standard InChI is InChI=1S/C23H23F3N4O2/c1-15-20(16(2)30(29-15)19-11-6-8-17(14-19)23(24,25)26)21(31)22(32)28-13-7-12-27-18-9-4-3-5-10-18/h3-6,8-11,14,27H,7,12-13H2,1-2H3,(H,28,32). The van der Waals surface area contributed by atoms with Crippen LogP contribution in [-0.4, -0.2) is 34.6 Å². The molecule has 1 aromatic heterocycles. The SMILES string of the molecule is Cc1nn(-c2cccc(C(F)(F)F)c2)c(C)c1C(=O)C(=O)NCCCNc1ccccc1. The molecule has 0 unspecified atom stereocenters. The van der Waals surface area contributed by atoms with E-state index in [0.29, 0.717) is 25.2 Å². The van der Waals surface area contributed by atoms with Gasteiger partial charge in [0.25, 0.3) is 11.7 Å². The van der Waals surface area contributed by atoms with Crippen LogP contribution in [0.1, 0.15) is 33.7 Å². The zero-order chi connectivity index (χ0) is 23.3. The Morgan fingerprint density at radius 1 is 1.00 bits per heavy atom. The Balaban J connectivity index is 1.64. The summed E-state index contributed by atoms with van der Waals surface area (Å²) in [4.78, 5) is 25.0. The second kappa shape index (κ2) is 9.67. The molecule has 0 aliphatic heterocycles. The van der Waals surface area contributed by atoms with Crippen LogP contribution in [0.25, 0.3) is 5.69 Å². The molecule has 0 atom stereocenters. The number of Topliss-reactive ketones (excluding diaryl/α,β-unsaturated/α-hetero) is 1. The summed E-state index contributed by atoms with van der Waals surface area (Å²) < 4.78 is 40.3. The van der Waals surface area contributed by atoms with Gasteiger partial charge >= 0.3 is 6.18 Å². The van der Waals surface area contributed by atoms with Crippen molar-refractivity contribution in [2.24, 2.45) is 0 Å². The Hall–Kier alpha value is -3.62. The number of amides is 1. The normalized spacial score (nSPS) is 11.3. The van der Waals surface area contributed by atoms with E-state index in [1.165, 1.54) is 16.8 Å². The van der Waals surface area contributed by atoms with Gasteiger partial charge in [0.2, 0.25) is 0 Å². The minimum absolute atomic E-state index is 0.0855. The summed E-state index contributed by atoms with van der Waals surface area (Å²) in [5.74, 6) is -1.55. The van der Waals surface area contributed by atoms with Gasteiger partial charge in [0, 0.05) is 18.8 Å². The first-order chi connectivity index (χ1) is 15.2. The number of rotatable bonds is 8. The van der Waals surface area contributed by atoms with E-state index in [-0.39, 0.29) is 16.9 Å². The lowest BCUT2D eigenvalue weighted by Gasteiger charge is -2.10. The van der Waals surface area contributed by atoms with Gasteiger partial charge in [-0.15, -0.1) is 0 Å². The van der Waals surface area contributed by atoms with Crippen LogP contribution in [0.3, 0.4) is 0 Å². The topological polar surface area (TPSA) is 76.0 Å². The van der Waals surface area contributed by atoms with Crippen molar-refractivity contribution in [1.82, 2.24) is 15.1 Å². The van der Waals surface area contributed by atoms with Gasteiger partial charge in [-0.25, -0.2) is 4.68 Å². The Kier molecular flexibility index (Phi) is 6.97. The summed E-state index contributed by atoms with van der Waals surface area (Å²) in [7, 11) is 0. The van der Waals surface area contributed by atoms with Crippen LogP contribution in [0.4, 0.5) is 18.9 Å². The molecule has 2 N–H and O–H groups in total. The number of aryl methyl sites for hydroxylation is 1. The highest BCUT2D eigenvalue weighted by atomic mass is 19.4. The van der Waals surface area contributed by atoms with Gasteiger partial charge in [0.05, 0.1) is 28.2 Å². The van der Waals surface area contributed by atoms with Crippen LogP contribution < -0.4 is 10.6 Å². The van der Waals surface area contributed by atoms with Crippen LogP contribution in [0, 0.1) is 13.8 Å². The van der Waals surface area contributed by atoms with Crippen molar-refractivity contribution >= 4 is 17.4 Å². The molecule has 6 nitrogen and oxygen atoms in total. The van der Waals surface area contributed by atoms with Gasteiger partial charge < -0.3 is 10.6 Å². The molecular formula is C23H23F3N4O2. The minimum Gasteiger partial charge on any atom is -0.385 e. The highest BCUT2D eigenvalue weighted by molar-refractivity contribution is 6.43. The summed E-state index contributed by atoms with van der Waals surface area (Å²) >= 11 is 0. The van der Waals surface area contributed by atoms with E-state index in [0.717, 1.165) is 17.8 Å². The molecule has 168 valence electrons. The van der Waals surface area contributed by atoms with Crippen molar-refractivity contribution in [1.29, 1.82) is 0 Å². The van der Waals surface area contributed by atoms with Crippen LogP contribution in [0.5, 0.6) is 0 Å². The maximum Gasteiger partial charge on any atom is 0.416 e. The number of nitrogens with zero attached hydrogens (tertiary/aromatic N) is 2. The molecule has 9 heteroatoms. The molecule has 0 aliphatic rings. The molecule has 1 amide bonds. The number of carbonyl (C=O) groups excluding carboxylic acids is 2. The van der Waals surface area contributed by atoms with Gasteiger partial charge in [-0.1, -0.05) is 24.3 Å². The monoisotopic (exact) mass is 444 g/mol. The first kappa shape index (κ1) is 23.1. The number of nitrogens with one attached hydrogen (secondary N) is 2. The lowest BCUT2D eigenvalue weighted by Crippen LogP contribution is -2.33. The molecule has 2 aromatic carbocycles. The average molecular weight is 444 g/mol. The van der Waals surface area contributed by atoms with Crippen LogP contribution in [0.15, 0.2) is 54.6 Å². The lowest BCUT2D eigenvalue weighted by molar-refractivity contribution is -0.137. The second-order valence-corrected chi connectivity index (χ2v) is 7.24. The highest BCUT2D eigenvalue weighted by Gasteiger charge is 2.31. The molecule has 32 heavy (non-hydrogen) atoms. The molecule has 0 bridgehead atoms. The van der Waals surface area contributed by atoms with Crippen molar-refractivity contribution in [3.8, 4) is 5.69 Å². The molecule has 0 fully saturated rings. The largest absolute Gasteiger partial charge is 0.416 e. The number of carbonyl (C=O) groups is 2. The Morgan fingerprint density at radius 3 is 2.41 bits per heavy atom. The van der Waals surface area contributed by atoms with E-state index >= 15 is 0 Å². The number of ketones is 1. The molecule has 3 aromatic rings. The first-order valence-electron chi connectivity index (χ1n) is 10.0. The zero-order valence-electron chi connectivity index (χ0n) is 17.7. The molecule has 0 saturated heterocycles. The van der Waals surface area contributed by atoms with Crippen LogP contribution in [-0.2, 0) is 11.0 Å². The van der Waals surface area contributed by atoms with Gasteiger partial charge in [-0.3, -0.25) is 9.59 Å². The van der Waals surface area contributed by atoms with E-state index < -0.39 is 23.4 Å². The number of aromatic nitrogens is 2. The summed E-state index contributed by atoms with van der Waals surface area (Å²) in [6, 6.07) is 14.2. The Bertz CT molecular complexity index is 1110. The lowest BCUT2D eigenvalue weighted by atomic mass is 10.1. The number of hydrogen-bond donors (Lipinski definition) is 2.